The van der Waals surface area contributed by atoms with Gasteiger partial charge in [0.2, 0.25) is 0 Å². The molecular weight excluding hydrogens is 292 g/mol. The minimum Gasteiger partial charge on any atom is -0.351 e. The Morgan fingerprint density at radius 2 is 2.05 bits per heavy atom. The van der Waals surface area contributed by atoms with Crippen molar-refractivity contribution in [3.63, 3.8) is 0 Å². The number of alkyl halides is 1. The Kier molecular flexibility index (Phi) is 5.72. The smallest absolute Gasteiger partial charge is 0.273 e. The number of benzene rings is 1. The number of hydrogen-bond donors (Lipinski definition) is 1. The van der Waals surface area contributed by atoms with Crippen LogP contribution in [0, 0.1) is 22.5 Å². The second kappa shape index (κ2) is 6.89. The Hall–Kier alpha value is -1.62. The summed E-state index contributed by atoms with van der Waals surface area (Å²) in [5.41, 5.74) is 0.698. The first-order valence-corrected chi connectivity index (χ1v) is 7.22. The topological polar surface area (TPSA) is 72.2 Å². The highest BCUT2D eigenvalue weighted by atomic mass is 35.5. The summed E-state index contributed by atoms with van der Waals surface area (Å²) in [7, 11) is 0. The van der Waals surface area contributed by atoms with Gasteiger partial charge in [-0.1, -0.05) is 26.8 Å². The summed E-state index contributed by atoms with van der Waals surface area (Å²) in [5.74, 6) is -0.337. The van der Waals surface area contributed by atoms with Crippen molar-refractivity contribution in [2.45, 2.75) is 39.5 Å². The number of halogens is 1. The molecule has 1 aromatic carbocycles. The molecule has 1 N–H and O–H groups in total. The van der Waals surface area contributed by atoms with Gasteiger partial charge in [-0.3, -0.25) is 14.9 Å². The monoisotopic (exact) mass is 312 g/mol. The first-order chi connectivity index (χ1) is 9.61. The number of nitrogens with one attached hydrogen (secondary N) is 1. The van der Waals surface area contributed by atoms with Gasteiger partial charge >= 0.3 is 0 Å². The fraction of sp³-hybridized carbons (Fsp3) is 0.533. The molecule has 0 aliphatic rings. The van der Waals surface area contributed by atoms with Crippen LogP contribution in [-0.2, 0) is 0 Å². The maximum atomic E-state index is 12.1. The first kappa shape index (κ1) is 17.4. The molecule has 0 spiro atoms. The lowest BCUT2D eigenvalue weighted by Gasteiger charge is -2.22. The minimum absolute atomic E-state index is 0.0558. The molecule has 0 aliphatic heterocycles. The van der Waals surface area contributed by atoms with Gasteiger partial charge in [0, 0.05) is 23.7 Å². The Bertz CT molecular complexity index is 538. The summed E-state index contributed by atoms with van der Waals surface area (Å²) in [6, 6.07) is 4.47. The highest BCUT2D eigenvalue weighted by Crippen LogP contribution is 2.24. The quantitative estimate of drug-likeness (QED) is 0.512. The van der Waals surface area contributed by atoms with Crippen LogP contribution in [0.25, 0.3) is 0 Å². The van der Waals surface area contributed by atoms with E-state index < -0.39 is 4.92 Å². The van der Waals surface area contributed by atoms with Crippen LogP contribution in [0.15, 0.2) is 18.2 Å². The lowest BCUT2D eigenvalue weighted by molar-refractivity contribution is -0.385. The third-order valence-electron chi connectivity index (χ3n) is 3.06. The molecule has 1 unspecified atom stereocenters. The zero-order valence-corrected chi connectivity index (χ0v) is 13.5. The molecule has 0 radical (unpaired) electrons. The zero-order chi connectivity index (χ0) is 16.2. The van der Waals surface area contributed by atoms with Gasteiger partial charge in [-0.05, 0) is 24.8 Å². The van der Waals surface area contributed by atoms with E-state index in [-0.39, 0.29) is 22.4 Å². The number of carbonyl (C=O) groups is 1. The van der Waals surface area contributed by atoms with Crippen molar-refractivity contribution in [1.82, 2.24) is 5.32 Å². The SMILES string of the molecule is Cc1c(C(=O)NCC(Cl)CC(C)(C)C)cccc1[N+](=O)[O-]. The molecule has 1 amide bonds. The van der Waals surface area contributed by atoms with E-state index >= 15 is 0 Å². The summed E-state index contributed by atoms with van der Waals surface area (Å²) in [4.78, 5) is 22.5. The molecule has 0 heterocycles. The van der Waals surface area contributed by atoms with Crippen molar-refractivity contribution in [1.29, 1.82) is 0 Å². The van der Waals surface area contributed by atoms with Crippen molar-refractivity contribution in [3.05, 3.63) is 39.4 Å². The van der Waals surface area contributed by atoms with E-state index in [0.717, 1.165) is 6.42 Å². The second-order valence-electron chi connectivity index (χ2n) is 6.28. The molecule has 0 bridgehead atoms. The first-order valence-electron chi connectivity index (χ1n) is 6.78. The molecule has 6 heteroatoms. The summed E-state index contributed by atoms with van der Waals surface area (Å²) in [6.07, 6.45) is 0.767. The Labute approximate surface area is 129 Å². The molecule has 0 saturated heterocycles. The fourth-order valence-electron chi connectivity index (χ4n) is 2.10. The molecule has 1 aromatic rings. The average molecular weight is 313 g/mol. The van der Waals surface area contributed by atoms with E-state index in [1.165, 1.54) is 12.1 Å². The van der Waals surface area contributed by atoms with Gasteiger partial charge < -0.3 is 5.32 Å². The Morgan fingerprint density at radius 1 is 1.43 bits per heavy atom. The van der Waals surface area contributed by atoms with Gasteiger partial charge in [0.25, 0.3) is 11.6 Å². The van der Waals surface area contributed by atoms with E-state index in [2.05, 4.69) is 26.1 Å². The maximum absolute atomic E-state index is 12.1. The van der Waals surface area contributed by atoms with Crippen molar-refractivity contribution in [2.75, 3.05) is 6.54 Å². The lowest BCUT2D eigenvalue weighted by Crippen LogP contribution is -2.32. The van der Waals surface area contributed by atoms with Gasteiger partial charge in [-0.15, -0.1) is 11.6 Å². The zero-order valence-electron chi connectivity index (χ0n) is 12.8. The predicted octanol–water partition coefficient (Wildman–Crippen LogP) is 3.68. The van der Waals surface area contributed by atoms with Gasteiger partial charge in [0.15, 0.2) is 0 Å². The average Bonchev–Trinajstić information content (AvgIpc) is 2.33. The van der Waals surface area contributed by atoms with Gasteiger partial charge in [0.1, 0.15) is 0 Å². The molecule has 0 fully saturated rings. The van der Waals surface area contributed by atoms with E-state index in [1.54, 1.807) is 13.0 Å². The van der Waals surface area contributed by atoms with E-state index in [0.29, 0.717) is 17.7 Å². The number of nitro benzene ring substituents is 1. The number of nitro groups is 1. The highest BCUT2D eigenvalue weighted by molar-refractivity contribution is 6.21. The number of rotatable bonds is 5. The standard InChI is InChI=1S/C15H21ClN2O3/c1-10-12(6-5-7-13(10)18(20)21)14(19)17-9-11(16)8-15(2,3)4/h5-7,11H,8-9H2,1-4H3,(H,17,19). The maximum Gasteiger partial charge on any atom is 0.273 e. The number of hydrogen-bond acceptors (Lipinski definition) is 3. The minimum atomic E-state index is -0.490. The number of amides is 1. The predicted molar refractivity (Wildman–Crippen MR) is 83.9 cm³/mol. The molecule has 0 aliphatic carbocycles. The molecule has 0 saturated carbocycles. The van der Waals surface area contributed by atoms with Crippen LogP contribution in [0.2, 0.25) is 0 Å². The van der Waals surface area contributed by atoms with Crippen LogP contribution in [0.5, 0.6) is 0 Å². The Morgan fingerprint density at radius 3 is 2.57 bits per heavy atom. The largest absolute Gasteiger partial charge is 0.351 e. The van der Waals surface area contributed by atoms with Crippen molar-refractivity contribution < 1.29 is 9.72 Å². The molecule has 116 valence electrons. The number of carbonyl (C=O) groups excluding carboxylic acids is 1. The van der Waals surface area contributed by atoms with Crippen molar-refractivity contribution >= 4 is 23.2 Å². The summed E-state index contributed by atoms with van der Waals surface area (Å²) in [6.45, 7) is 8.14. The third-order valence-corrected chi connectivity index (χ3v) is 3.37. The molecule has 0 aromatic heterocycles. The van der Waals surface area contributed by atoms with Crippen LogP contribution in [0.3, 0.4) is 0 Å². The van der Waals surface area contributed by atoms with Gasteiger partial charge in [-0.2, -0.15) is 0 Å². The summed E-state index contributed by atoms with van der Waals surface area (Å²) in [5, 5.41) is 13.4. The molecule has 1 atom stereocenters. The molecule has 5 nitrogen and oxygen atoms in total. The van der Waals surface area contributed by atoms with Crippen LogP contribution >= 0.6 is 11.6 Å². The van der Waals surface area contributed by atoms with E-state index in [9.17, 15) is 14.9 Å². The highest BCUT2D eigenvalue weighted by Gasteiger charge is 2.20. The lowest BCUT2D eigenvalue weighted by atomic mass is 9.90. The number of nitrogens with zero attached hydrogens (tertiary/aromatic N) is 1. The van der Waals surface area contributed by atoms with Crippen molar-refractivity contribution in [3.8, 4) is 0 Å². The van der Waals surface area contributed by atoms with Crippen LogP contribution in [-0.4, -0.2) is 22.8 Å². The summed E-state index contributed by atoms with van der Waals surface area (Å²) < 4.78 is 0. The van der Waals surface area contributed by atoms with Crippen LogP contribution < -0.4 is 5.32 Å². The molecule has 21 heavy (non-hydrogen) atoms. The Balaban J connectivity index is 2.73. The third kappa shape index (κ3) is 5.34. The van der Waals surface area contributed by atoms with Gasteiger partial charge in [-0.25, -0.2) is 0 Å². The normalized spacial score (nSPS) is 12.8. The fourth-order valence-corrected chi connectivity index (χ4v) is 2.64. The molecular formula is C15H21ClN2O3. The second-order valence-corrected chi connectivity index (χ2v) is 6.90. The van der Waals surface area contributed by atoms with Crippen LogP contribution in [0.4, 0.5) is 5.69 Å². The molecule has 1 rings (SSSR count). The van der Waals surface area contributed by atoms with Crippen molar-refractivity contribution in [2.24, 2.45) is 5.41 Å². The van der Waals surface area contributed by atoms with Crippen LogP contribution in [0.1, 0.15) is 43.1 Å². The van der Waals surface area contributed by atoms with E-state index in [4.69, 9.17) is 11.6 Å². The van der Waals surface area contributed by atoms with Gasteiger partial charge in [0.05, 0.1) is 10.3 Å². The summed E-state index contributed by atoms with van der Waals surface area (Å²) >= 11 is 6.20. The van der Waals surface area contributed by atoms with E-state index in [1.807, 2.05) is 0 Å².